The highest BCUT2D eigenvalue weighted by Gasteiger charge is 2.13. The number of methoxy groups -OCH3 is 1. The predicted octanol–water partition coefficient (Wildman–Crippen LogP) is 4.33. The van der Waals surface area contributed by atoms with Gasteiger partial charge in [-0.05, 0) is 24.3 Å². The normalized spacial score (nSPS) is 12.7. The summed E-state index contributed by atoms with van der Waals surface area (Å²) in [6.07, 6.45) is 0. The van der Waals surface area contributed by atoms with Gasteiger partial charge in [0, 0.05) is 22.7 Å². The Morgan fingerprint density at radius 2 is 1.92 bits per heavy atom. The molecule has 4 rings (SSSR count). The van der Waals surface area contributed by atoms with Crippen LogP contribution in [0.3, 0.4) is 0 Å². The highest BCUT2D eigenvalue weighted by atomic mass is 32.1. The lowest BCUT2D eigenvalue weighted by Gasteiger charge is -2.18. The van der Waals surface area contributed by atoms with Gasteiger partial charge in [-0.1, -0.05) is 12.1 Å². The van der Waals surface area contributed by atoms with Crippen LogP contribution in [0.15, 0.2) is 47.8 Å². The Kier molecular flexibility index (Phi) is 3.96. The predicted molar refractivity (Wildman–Crippen MR) is 94.8 cm³/mol. The second-order valence-corrected chi connectivity index (χ2v) is 6.08. The largest absolute Gasteiger partial charge is 0.496 e. The number of hydrogen-bond acceptors (Lipinski definition) is 6. The van der Waals surface area contributed by atoms with Crippen molar-refractivity contribution in [3.8, 4) is 28.5 Å². The molecule has 6 heteroatoms. The Balaban J connectivity index is 1.57. The molecule has 122 valence electrons. The Morgan fingerprint density at radius 3 is 2.79 bits per heavy atom. The number of ether oxygens (including phenoxy) is 3. The van der Waals surface area contributed by atoms with Gasteiger partial charge in [0.05, 0.1) is 12.8 Å². The fourth-order valence-corrected chi connectivity index (χ4v) is 3.29. The number of rotatable bonds is 4. The molecule has 0 saturated heterocycles. The zero-order valence-electron chi connectivity index (χ0n) is 13.1. The average Bonchev–Trinajstić information content (AvgIpc) is 3.10. The van der Waals surface area contributed by atoms with Crippen LogP contribution in [0.5, 0.6) is 17.2 Å². The van der Waals surface area contributed by atoms with Gasteiger partial charge in [-0.15, -0.1) is 11.3 Å². The number of fused-ring (bicyclic) bond motifs is 1. The van der Waals surface area contributed by atoms with E-state index in [1.807, 2.05) is 47.8 Å². The zero-order chi connectivity index (χ0) is 16.4. The molecule has 1 aliphatic heterocycles. The third-order valence-electron chi connectivity index (χ3n) is 3.68. The molecule has 2 aromatic carbocycles. The molecule has 0 amide bonds. The van der Waals surface area contributed by atoms with E-state index in [0.29, 0.717) is 13.2 Å². The maximum Gasteiger partial charge on any atom is 0.187 e. The quantitative estimate of drug-likeness (QED) is 0.766. The number of hydrogen-bond donors (Lipinski definition) is 1. The molecule has 1 N–H and O–H groups in total. The molecule has 0 unspecified atom stereocenters. The van der Waals surface area contributed by atoms with Crippen LogP contribution in [0.2, 0.25) is 0 Å². The van der Waals surface area contributed by atoms with E-state index in [9.17, 15) is 0 Å². The summed E-state index contributed by atoms with van der Waals surface area (Å²) >= 11 is 1.55. The van der Waals surface area contributed by atoms with E-state index < -0.39 is 0 Å². The van der Waals surface area contributed by atoms with Gasteiger partial charge in [0.2, 0.25) is 0 Å². The first-order valence-electron chi connectivity index (χ1n) is 7.59. The van der Waals surface area contributed by atoms with Gasteiger partial charge in [-0.3, -0.25) is 0 Å². The number of nitrogens with zero attached hydrogens (tertiary/aromatic N) is 1. The summed E-state index contributed by atoms with van der Waals surface area (Å²) in [6, 6.07) is 13.7. The molecule has 0 fully saturated rings. The summed E-state index contributed by atoms with van der Waals surface area (Å²) < 4.78 is 16.5. The van der Waals surface area contributed by atoms with Gasteiger partial charge in [-0.2, -0.15) is 0 Å². The van der Waals surface area contributed by atoms with Crippen LogP contribution in [-0.4, -0.2) is 25.3 Å². The van der Waals surface area contributed by atoms with Crippen molar-refractivity contribution < 1.29 is 14.2 Å². The molecule has 0 atom stereocenters. The van der Waals surface area contributed by atoms with Crippen molar-refractivity contribution >= 4 is 22.2 Å². The maximum atomic E-state index is 5.61. The number of thiazole rings is 1. The highest BCUT2D eigenvalue weighted by molar-refractivity contribution is 7.14. The molecule has 0 spiro atoms. The van der Waals surface area contributed by atoms with Crippen LogP contribution < -0.4 is 19.5 Å². The SMILES string of the molecule is COc1ccccc1-c1csc(Nc2ccc3c(c2)OCCO3)n1. The number of anilines is 2. The van der Waals surface area contributed by atoms with Crippen molar-refractivity contribution in [2.24, 2.45) is 0 Å². The lowest BCUT2D eigenvalue weighted by Crippen LogP contribution is -2.15. The van der Waals surface area contributed by atoms with Crippen molar-refractivity contribution in [1.82, 2.24) is 4.98 Å². The second kappa shape index (κ2) is 6.41. The van der Waals surface area contributed by atoms with E-state index >= 15 is 0 Å². The Morgan fingerprint density at radius 1 is 1.08 bits per heavy atom. The van der Waals surface area contributed by atoms with Gasteiger partial charge in [0.1, 0.15) is 19.0 Å². The number of para-hydroxylation sites is 1. The maximum absolute atomic E-state index is 5.61. The van der Waals surface area contributed by atoms with E-state index in [0.717, 1.165) is 39.3 Å². The molecule has 24 heavy (non-hydrogen) atoms. The minimum absolute atomic E-state index is 0.575. The molecule has 1 aliphatic rings. The van der Waals surface area contributed by atoms with Crippen molar-refractivity contribution in [2.45, 2.75) is 0 Å². The van der Waals surface area contributed by atoms with Crippen molar-refractivity contribution in [3.63, 3.8) is 0 Å². The molecule has 5 nitrogen and oxygen atoms in total. The van der Waals surface area contributed by atoms with E-state index in [1.165, 1.54) is 0 Å². The summed E-state index contributed by atoms with van der Waals surface area (Å²) in [7, 11) is 1.67. The van der Waals surface area contributed by atoms with Gasteiger partial charge in [0.25, 0.3) is 0 Å². The molecule has 0 bridgehead atoms. The van der Waals surface area contributed by atoms with E-state index in [4.69, 9.17) is 14.2 Å². The minimum atomic E-state index is 0.575. The molecular formula is C18H16N2O3S. The number of nitrogens with one attached hydrogen (secondary N) is 1. The summed E-state index contributed by atoms with van der Waals surface area (Å²) in [6.45, 7) is 1.17. The Bertz CT molecular complexity index is 863. The van der Waals surface area contributed by atoms with Crippen LogP contribution in [0, 0.1) is 0 Å². The monoisotopic (exact) mass is 340 g/mol. The molecular weight excluding hydrogens is 324 g/mol. The second-order valence-electron chi connectivity index (χ2n) is 5.22. The van der Waals surface area contributed by atoms with E-state index in [2.05, 4.69) is 10.3 Å². The topological polar surface area (TPSA) is 52.6 Å². The van der Waals surface area contributed by atoms with Crippen LogP contribution in [0.25, 0.3) is 11.3 Å². The third kappa shape index (κ3) is 2.88. The van der Waals surface area contributed by atoms with Crippen LogP contribution in [0.4, 0.5) is 10.8 Å². The summed E-state index contributed by atoms with van der Waals surface area (Å²) in [5.41, 5.74) is 2.78. The molecule has 0 saturated carbocycles. The third-order valence-corrected chi connectivity index (χ3v) is 4.44. The van der Waals surface area contributed by atoms with Gasteiger partial charge in [0.15, 0.2) is 16.6 Å². The summed E-state index contributed by atoms with van der Waals surface area (Å²) in [5.74, 6) is 2.35. The van der Waals surface area contributed by atoms with Gasteiger partial charge >= 0.3 is 0 Å². The van der Waals surface area contributed by atoms with Crippen molar-refractivity contribution in [3.05, 3.63) is 47.8 Å². The van der Waals surface area contributed by atoms with Crippen LogP contribution in [0.1, 0.15) is 0 Å². The number of benzene rings is 2. The van der Waals surface area contributed by atoms with Crippen molar-refractivity contribution in [2.75, 3.05) is 25.6 Å². The summed E-state index contributed by atoms with van der Waals surface area (Å²) in [5, 5.41) is 6.14. The minimum Gasteiger partial charge on any atom is -0.496 e. The first-order chi connectivity index (χ1) is 11.8. The zero-order valence-corrected chi connectivity index (χ0v) is 13.9. The Hall–Kier alpha value is -2.73. The fraction of sp³-hybridized carbons (Fsp3) is 0.167. The molecule has 3 aromatic rings. The lowest BCUT2D eigenvalue weighted by molar-refractivity contribution is 0.171. The van der Waals surface area contributed by atoms with Crippen LogP contribution in [-0.2, 0) is 0 Å². The Labute approximate surface area is 143 Å². The van der Waals surface area contributed by atoms with Gasteiger partial charge in [-0.25, -0.2) is 4.98 Å². The fourth-order valence-electron chi connectivity index (χ4n) is 2.56. The first-order valence-corrected chi connectivity index (χ1v) is 8.47. The average molecular weight is 340 g/mol. The standard InChI is InChI=1S/C18H16N2O3S/c1-21-15-5-3-2-4-13(15)14-11-24-18(20-14)19-12-6-7-16-17(10-12)23-9-8-22-16/h2-7,10-11H,8-9H2,1H3,(H,19,20). The lowest BCUT2D eigenvalue weighted by atomic mass is 10.1. The molecule has 1 aromatic heterocycles. The highest BCUT2D eigenvalue weighted by Crippen LogP contribution is 2.36. The van der Waals surface area contributed by atoms with Crippen molar-refractivity contribution in [1.29, 1.82) is 0 Å². The van der Waals surface area contributed by atoms with Gasteiger partial charge < -0.3 is 19.5 Å². The molecule has 2 heterocycles. The van der Waals surface area contributed by atoms with E-state index in [-0.39, 0.29) is 0 Å². The molecule has 0 radical (unpaired) electrons. The van der Waals surface area contributed by atoms with E-state index in [1.54, 1.807) is 18.4 Å². The first kappa shape index (κ1) is 14.8. The smallest absolute Gasteiger partial charge is 0.187 e. The number of aromatic nitrogens is 1. The summed E-state index contributed by atoms with van der Waals surface area (Å²) in [4.78, 5) is 4.65. The molecule has 0 aliphatic carbocycles. The van der Waals surface area contributed by atoms with Crippen LogP contribution >= 0.6 is 11.3 Å².